The number of carboxylic acids is 1. The first-order valence-electron chi connectivity index (χ1n) is 4.88. The number of hydrogen-bond acceptors (Lipinski definition) is 2. The van der Waals surface area contributed by atoms with Crippen molar-refractivity contribution in [3.63, 3.8) is 0 Å². The van der Waals surface area contributed by atoms with Crippen LogP contribution in [0.15, 0.2) is 18.2 Å². The third-order valence-electron chi connectivity index (χ3n) is 1.94. The lowest BCUT2D eigenvalue weighted by molar-refractivity contribution is -0.145. The lowest BCUT2D eigenvalue weighted by Gasteiger charge is -2.14. The monoisotopic (exact) mass is 262 g/mol. The molecule has 0 aliphatic rings. The summed E-state index contributed by atoms with van der Waals surface area (Å²) >= 11 is 11.6. The van der Waals surface area contributed by atoms with Gasteiger partial charge in [0.1, 0.15) is 5.75 Å². The van der Waals surface area contributed by atoms with Crippen molar-refractivity contribution in [3.05, 3.63) is 28.2 Å². The van der Waals surface area contributed by atoms with Crippen LogP contribution in [-0.4, -0.2) is 17.2 Å². The number of aliphatic carboxylic acids is 1. The van der Waals surface area contributed by atoms with Crippen LogP contribution in [0, 0.1) is 0 Å². The topological polar surface area (TPSA) is 46.5 Å². The second kappa shape index (κ2) is 5.97. The molecular formula is C11H12Cl2O3. The number of ether oxygens (including phenoxy) is 1. The molecule has 0 radical (unpaired) electrons. The Morgan fingerprint density at radius 1 is 1.38 bits per heavy atom. The van der Waals surface area contributed by atoms with E-state index in [4.69, 9.17) is 33.0 Å². The molecular weight excluding hydrogens is 251 g/mol. The van der Waals surface area contributed by atoms with Gasteiger partial charge >= 0.3 is 5.97 Å². The Kier molecular flexibility index (Phi) is 4.90. The molecule has 5 heteroatoms. The summed E-state index contributed by atoms with van der Waals surface area (Å²) in [5, 5.41) is 9.75. The molecule has 1 unspecified atom stereocenters. The zero-order valence-electron chi connectivity index (χ0n) is 8.74. The Morgan fingerprint density at radius 3 is 2.38 bits per heavy atom. The van der Waals surface area contributed by atoms with Crippen LogP contribution < -0.4 is 4.74 Å². The highest BCUT2D eigenvalue weighted by Crippen LogP contribution is 2.25. The lowest BCUT2D eigenvalue weighted by Crippen LogP contribution is -2.26. The van der Waals surface area contributed by atoms with Gasteiger partial charge in [0.25, 0.3) is 0 Å². The van der Waals surface area contributed by atoms with Crippen molar-refractivity contribution in [1.82, 2.24) is 0 Å². The van der Waals surface area contributed by atoms with Crippen molar-refractivity contribution < 1.29 is 14.6 Å². The highest BCUT2D eigenvalue weighted by molar-refractivity contribution is 6.34. The predicted molar refractivity (Wildman–Crippen MR) is 63.4 cm³/mol. The lowest BCUT2D eigenvalue weighted by atomic mass is 10.2. The van der Waals surface area contributed by atoms with Crippen LogP contribution >= 0.6 is 23.2 Å². The molecule has 0 heterocycles. The van der Waals surface area contributed by atoms with Crippen LogP contribution in [0.5, 0.6) is 5.75 Å². The van der Waals surface area contributed by atoms with Crippen LogP contribution in [0.3, 0.4) is 0 Å². The standard InChI is InChI=1S/C11H12Cl2O3/c1-2-3-10(11(14)15)16-9-5-7(12)4-8(13)6-9/h4-6,10H,2-3H2,1H3,(H,14,15). The molecule has 0 bridgehead atoms. The Bertz CT molecular complexity index is 359. The van der Waals surface area contributed by atoms with Gasteiger partial charge in [0.2, 0.25) is 0 Å². The maximum atomic E-state index is 10.9. The molecule has 0 saturated carbocycles. The summed E-state index contributed by atoms with van der Waals surface area (Å²) in [7, 11) is 0. The fourth-order valence-electron chi connectivity index (χ4n) is 1.26. The summed E-state index contributed by atoms with van der Waals surface area (Å²) in [6.45, 7) is 1.89. The van der Waals surface area contributed by atoms with E-state index in [1.807, 2.05) is 6.92 Å². The van der Waals surface area contributed by atoms with Gasteiger partial charge in [-0.15, -0.1) is 0 Å². The summed E-state index contributed by atoms with van der Waals surface area (Å²) < 4.78 is 5.31. The van der Waals surface area contributed by atoms with E-state index in [9.17, 15) is 4.79 Å². The minimum atomic E-state index is -0.988. The number of carbonyl (C=O) groups is 1. The van der Waals surface area contributed by atoms with Crippen LogP contribution in [0.1, 0.15) is 19.8 Å². The average molecular weight is 263 g/mol. The van der Waals surface area contributed by atoms with Gasteiger partial charge in [-0.05, 0) is 24.6 Å². The van der Waals surface area contributed by atoms with Gasteiger partial charge in [0.05, 0.1) is 0 Å². The largest absolute Gasteiger partial charge is 0.479 e. The second-order valence-corrected chi connectivity index (χ2v) is 4.21. The molecule has 1 aromatic carbocycles. The van der Waals surface area contributed by atoms with E-state index in [-0.39, 0.29) is 0 Å². The summed E-state index contributed by atoms with van der Waals surface area (Å²) in [5.74, 6) is -0.615. The average Bonchev–Trinajstić information content (AvgIpc) is 2.15. The molecule has 0 amide bonds. The summed E-state index contributed by atoms with van der Waals surface area (Å²) in [6, 6.07) is 4.64. The van der Waals surface area contributed by atoms with Gasteiger partial charge < -0.3 is 9.84 Å². The SMILES string of the molecule is CCCC(Oc1cc(Cl)cc(Cl)c1)C(=O)O. The zero-order chi connectivity index (χ0) is 12.1. The van der Waals surface area contributed by atoms with E-state index >= 15 is 0 Å². The minimum Gasteiger partial charge on any atom is -0.479 e. The first-order chi connectivity index (χ1) is 7.52. The number of halogens is 2. The van der Waals surface area contributed by atoms with Crippen molar-refractivity contribution in [1.29, 1.82) is 0 Å². The van der Waals surface area contributed by atoms with E-state index in [2.05, 4.69) is 0 Å². The summed E-state index contributed by atoms with van der Waals surface area (Å²) in [4.78, 5) is 10.9. The quantitative estimate of drug-likeness (QED) is 0.882. The zero-order valence-corrected chi connectivity index (χ0v) is 10.3. The molecule has 3 nitrogen and oxygen atoms in total. The van der Waals surface area contributed by atoms with Crippen molar-refractivity contribution in [3.8, 4) is 5.75 Å². The van der Waals surface area contributed by atoms with Gasteiger partial charge in [-0.2, -0.15) is 0 Å². The van der Waals surface area contributed by atoms with Crippen LogP contribution in [0.2, 0.25) is 10.0 Å². The molecule has 1 atom stereocenters. The molecule has 16 heavy (non-hydrogen) atoms. The van der Waals surface area contributed by atoms with Crippen molar-refractivity contribution in [2.75, 3.05) is 0 Å². The van der Waals surface area contributed by atoms with E-state index in [0.717, 1.165) is 6.42 Å². The molecule has 0 saturated heterocycles. The fourth-order valence-corrected chi connectivity index (χ4v) is 1.76. The first kappa shape index (κ1) is 13.1. The molecule has 1 N–H and O–H groups in total. The Labute approximate surface area is 104 Å². The van der Waals surface area contributed by atoms with Crippen LogP contribution in [0.25, 0.3) is 0 Å². The highest BCUT2D eigenvalue weighted by Gasteiger charge is 2.18. The predicted octanol–water partition coefficient (Wildman–Crippen LogP) is 3.63. The van der Waals surface area contributed by atoms with Crippen LogP contribution in [-0.2, 0) is 4.79 Å². The van der Waals surface area contributed by atoms with E-state index in [0.29, 0.717) is 22.2 Å². The molecule has 0 spiro atoms. The van der Waals surface area contributed by atoms with Crippen LogP contribution in [0.4, 0.5) is 0 Å². The normalized spacial score (nSPS) is 12.2. The molecule has 0 aliphatic heterocycles. The molecule has 0 aromatic heterocycles. The Morgan fingerprint density at radius 2 is 1.94 bits per heavy atom. The molecule has 0 aliphatic carbocycles. The fraction of sp³-hybridized carbons (Fsp3) is 0.364. The summed E-state index contributed by atoms with van der Waals surface area (Å²) in [5.41, 5.74) is 0. The van der Waals surface area contributed by atoms with Crippen molar-refractivity contribution in [2.24, 2.45) is 0 Å². The molecule has 1 rings (SSSR count). The Hall–Kier alpha value is -0.930. The third-order valence-corrected chi connectivity index (χ3v) is 2.38. The third kappa shape index (κ3) is 3.91. The number of rotatable bonds is 5. The number of hydrogen-bond donors (Lipinski definition) is 1. The van der Waals surface area contributed by atoms with Gasteiger partial charge in [-0.25, -0.2) is 4.79 Å². The van der Waals surface area contributed by atoms with E-state index in [1.54, 1.807) is 18.2 Å². The molecule has 1 aromatic rings. The van der Waals surface area contributed by atoms with Crippen molar-refractivity contribution >= 4 is 29.2 Å². The molecule has 0 fully saturated rings. The summed E-state index contributed by atoms with van der Waals surface area (Å²) in [6.07, 6.45) is 0.310. The van der Waals surface area contributed by atoms with Gasteiger partial charge in [0, 0.05) is 10.0 Å². The maximum absolute atomic E-state index is 10.9. The highest BCUT2D eigenvalue weighted by atomic mass is 35.5. The first-order valence-corrected chi connectivity index (χ1v) is 5.64. The molecule has 88 valence electrons. The van der Waals surface area contributed by atoms with Crippen molar-refractivity contribution in [2.45, 2.75) is 25.9 Å². The van der Waals surface area contributed by atoms with Gasteiger partial charge in [-0.1, -0.05) is 36.5 Å². The smallest absolute Gasteiger partial charge is 0.344 e. The maximum Gasteiger partial charge on any atom is 0.344 e. The number of carboxylic acid groups (broad SMARTS) is 1. The number of benzene rings is 1. The van der Waals surface area contributed by atoms with E-state index < -0.39 is 12.1 Å². The minimum absolute atomic E-state index is 0.373. The van der Waals surface area contributed by atoms with E-state index in [1.165, 1.54) is 0 Å². The Balaban J connectivity index is 2.80. The van der Waals surface area contributed by atoms with Gasteiger partial charge in [0.15, 0.2) is 6.10 Å². The van der Waals surface area contributed by atoms with Gasteiger partial charge in [-0.3, -0.25) is 0 Å². The second-order valence-electron chi connectivity index (χ2n) is 3.34.